The van der Waals surface area contributed by atoms with E-state index in [9.17, 15) is 9.59 Å². The van der Waals surface area contributed by atoms with Gasteiger partial charge in [-0.2, -0.15) is 0 Å². The summed E-state index contributed by atoms with van der Waals surface area (Å²) < 4.78 is 11.2. The predicted molar refractivity (Wildman–Crippen MR) is 192 cm³/mol. The molecule has 10 nitrogen and oxygen atoms in total. The van der Waals surface area contributed by atoms with Gasteiger partial charge < -0.3 is 24.9 Å². The summed E-state index contributed by atoms with van der Waals surface area (Å²) in [5.41, 5.74) is 5.08. The number of aryl methyl sites for hydroxylation is 1. The van der Waals surface area contributed by atoms with E-state index in [1.54, 1.807) is 33.5 Å². The average molecular weight is 706 g/mol. The number of hydrogen-bond donors (Lipinski definition) is 2. The summed E-state index contributed by atoms with van der Waals surface area (Å²) in [6.07, 6.45) is 8.48. The van der Waals surface area contributed by atoms with Crippen molar-refractivity contribution in [3.8, 4) is 45.4 Å². The molecule has 5 rings (SSSR count). The van der Waals surface area contributed by atoms with Gasteiger partial charge in [0.1, 0.15) is 17.2 Å². The highest BCUT2D eigenvalue weighted by Gasteiger charge is 2.23. The number of methoxy groups -OCH3 is 2. The van der Waals surface area contributed by atoms with Gasteiger partial charge in [-0.1, -0.05) is 59.6 Å². The van der Waals surface area contributed by atoms with Crippen LogP contribution in [0.1, 0.15) is 70.7 Å². The van der Waals surface area contributed by atoms with Gasteiger partial charge in [0.25, 0.3) is 0 Å². The van der Waals surface area contributed by atoms with Crippen LogP contribution in [0, 0.1) is 0 Å². The van der Waals surface area contributed by atoms with Crippen LogP contribution in [0.4, 0.5) is 0 Å². The zero-order valence-corrected chi connectivity index (χ0v) is 30.0. The van der Waals surface area contributed by atoms with Gasteiger partial charge in [-0.15, -0.1) is 0 Å². The predicted octanol–water partition coefficient (Wildman–Crippen LogP) is 7.43. The number of hydrogen-bond acceptors (Lipinski definition) is 9. The van der Waals surface area contributed by atoms with Gasteiger partial charge in [0, 0.05) is 53.2 Å². The molecule has 2 aromatic heterocycles. The van der Waals surface area contributed by atoms with Crippen molar-refractivity contribution in [3.05, 3.63) is 70.2 Å². The molecule has 12 heteroatoms. The summed E-state index contributed by atoms with van der Waals surface area (Å²) in [6, 6.07) is 11.6. The Morgan fingerprint density at radius 1 is 0.918 bits per heavy atom. The highest BCUT2D eigenvalue weighted by atomic mass is 35.5. The second kappa shape index (κ2) is 16.1. The first-order chi connectivity index (χ1) is 23.5. The smallest absolute Gasteiger partial charge is 0.237 e. The lowest BCUT2D eigenvalue weighted by Gasteiger charge is -2.26. The number of carbonyl (C=O) groups excluding carboxylic acids is 2. The molecule has 1 aliphatic rings. The summed E-state index contributed by atoms with van der Waals surface area (Å²) >= 11 is 14.1. The van der Waals surface area contributed by atoms with Crippen molar-refractivity contribution in [2.75, 3.05) is 14.2 Å². The van der Waals surface area contributed by atoms with E-state index in [0.717, 1.165) is 36.1 Å². The monoisotopic (exact) mass is 704 g/mol. The van der Waals surface area contributed by atoms with Gasteiger partial charge in [-0.05, 0) is 52.9 Å². The van der Waals surface area contributed by atoms with E-state index in [4.69, 9.17) is 42.6 Å². The lowest BCUT2D eigenvalue weighted by molar-refractivity contribution is -0.119. The number of ketones is 1. The maximum absolute atomic E-state index is 11.5. The SMILES string of the molecule is COc1nc(-c2cccc(-c3cccc(-c4cnc(CNC(C)(C)CCC(C)=O)c(OC)n4)c3Cl)c2Cl)cnc1CCC[C@@H]1CCC(=O)N1. The number of amides is 1. The van der Waals surface area contributed by atoms with Crippen LogP contribution in [0.25, 0.3) is 33.6 Å². The molecule has 1 fully saturated rings. The fourth-order valence-electron chi connectivity index (χ4n) is 5.86. The van der Waals surface area contributed by atoms with Crippen molar-refractivity contribution in [2.24, 2.45) is 0 Å². The fraction of sp³-hybridized carbons (Fsp3) is 0.405. The molecule has 3 heterocycles. The van der Waals surface area contributed by atoms with Gasteiger partial charge in [0.15, 0.2) is 0 Å². The minimum atomic E-state index is -0.267. The van der Waals surface area contributed by atoms with E-state index >= 15 is 0 Å². The molecule has 4 aromatic rings. The minimum Gasteiger partial charge on any atom is -0.480 e. The molecule has 1 aliphatic heterocycles. The largest absolute Gasteiger partial charge is 0.480 e. The molecule has 2 N–H and O–H groups in total. The van der Waals surface area contributed by atoms with Crippen molar-refractivity contribution in [2.45, 2.75) is 83.8 Å². The third-order valence-electron chi connectivity index (χ3n) is 8.74. The lowest BCUT2D eigenvalue weighted by Crippen LogP contribution is -2.39. The molecule has 1 atom stereocenters. The van der Waals surface area contributed by atoms with Crippen LogP contribution in [0.2, 0.25) is 10.0 Å². The minimum absolute atomic E-state index is 0.120. The van der Waals surface area contributed by atoms with Gasteiger partial charge >= 0.3 is 0 Å². The number of Topliss-reactive ketones (excluding diaryl/α,β-unsaturated/α-hetero) is 1. The van der Waals surface area contributed by atoms with Gasteiger partial charge in [0.2, 0.25) is 17.7 Å². The molecule has 1 saturated heterocycles. The summed E-state index contributed by atoms with van der Waals surface area (Å²) in [5.74, 6) is 1.11. The molecule has 0 bridgehead atoms. The summed E-state index contributed by atoms with van der Waals surface area (Å²) in [4.78, 5) is 41.8. The first-order valence-corrected chi connectivity index (χ1v) is 17.2. The Labute approximate surface area is 297 Å². The van der Waals surface area contributed by atoms with Crippen LogP contribution in [-0.2, 0) is 22.6 Å². The van der Waals surface area contributed by atoms with Crippen LogP contribution < -0.4 is 20.1 Å². The highest BCUT2D eigenvalue weighted by Crippen LogP contribution is 2.42. The van der Waals surface area contributed by atoms with Crippen molar-refractivity contribution in [1.82, 2.24) is 30.6 Å². The quantitative estimate of drug-likeness (QED) is 0.130. The first-order valence-electron chi connectivity index (χ1n) is 16.4. The summed E-state index contributed by atoms with van der Waals surface area (Å²) in [7, 11) is 3.14. The summed E-state index contributed by atoms with van der Waals surface area (Å²) in [6.45, 7) is 6.13. The van der Waals surface area contributed by atoms with Crippen LogP contribution in [0.15, 0.2) is 48.8 Å². The van der Waals surface area contributed by atoms with E-state index < -0.39 is 0 Å². The fourth-order valence-corrected chi connectivity index (χ4v) is 6.51. The number of aromatic nitrogens is 4. The Morgan fingerprint density at radius 2 is 1.47 bits per heavy atom. The van der Waals surface area contributed by atoms with Crippen LogP contribution >= 0.6 is 23.2 Å². The van der Waals surface area contributed by atoms with Crippen molar-refractivity contribution >= 4 is 34.9 Å². The molecule has 1 amide bonds. The maximum atomic E-state index is 11.5. The van der Waals surface area contributed by atoms with E-state index in [1.807, 2.05) is 36.4 Å². The molecular formula is C37H42Cl2N6O4. The molecular weight excluding hydrogens is 663 g/mol. The standard InChI is InChI=1S/C37H42Cl2N6O4/c1-22(46)17-18-37(2,3)42-21-31-36(49-5)45-30(20-41-31)27-13-8-11-25(34(27)39)24-10-7-12-26(33(24)38)29-19-40-28(35(44-29)48-4)14-6-9-23-15-16-32(47)43-23/h7-8,10-13,19-20,23,42H,6,9,14-18,21H2,1-5H3,(H,43,47)/t23-/m1/s1. The van der Waals surface area contributed by atoms with Crippen LogP contribution in [0.5, 0.6) is 11.8 Å². The van der Waals surface area contributed by atoms with Crippen molar-refractivity contribution in [3.63, 3.8) is 0 Å². The Hall–Kier alpha value is -4.12. The number of benzene rings is 2. The number of rotatable bonds is 15. The van der Waals surface area contributed by atoms with Gasteiger partial charge in [-0.25, -0.2) is 9.97 Å². The Bertz CT molecular complexity index is 1830. The van der Waals surface area contributed by atoms with Gasteiger partial charge in [0.05, 0.1) is 48.0 Å². The van der Waals surface area contributed by atoms with E-state index in [-0.39, 0.29) is 23.3 Å². The van der Waals surface area contributed by atoms with Crippen LogP contribution in [0.3, 0.4) is 0 Å². The number of nitrogens with zero attached hydrogens (tertiary/aromatic N) is 4. The first kappa shape index (κ1) is 36.2. The highest BCUT2D eigenvalue weighted by molar-refractivity contribution is 6.39. The summed E-state index contributed by atoms with van der Waals surface area (Å²) in [5, 5.41) is 7.40. The van der Waals surface area contributed by atoms with Crippen LogP contribution in [-0.4, -0.2) is 57.4 Å². The molecule has 0 spiro atoms. The topological polar surface area (TPSA) is 128 Å². The lowest BCUT2D eigenvalue weighted by atomic mass is 9.97. The normalized spacial score (nSPS) is 14.5. The maximum Gasteiger partial charge on any atom is 0.237 e. The Kier molecular flexibility index (Phi) is 11.9. The molecule has 0 unspecified atom stereocenters. The van der Waals surface area contributed by atoms with E-state index in [0.29, 0.717) is 82.2 Å². The third-order valence-corrected chi connectivity index (χ3v) is 9.55. The molecule has 0 aliphatic carbocycles. The zero-order valence-electron chi connectivity index (χ0n) is 28.5. The molecule has 49 heavy (non-hydrogen) atoms. The zero-order chi connectivity index (χ0) is 35.1. The number of nitrogens with one attached hydrogen (secondary N) is 2. The van der Waals surface area contributed by atoms with E-state index in [1.165, 1.54) is 0 Å². The molecule has 258 valence electrons. The second-order valence-electron chi connectivity index (χ2n) is 12.9. The Balaban J connectivity index is 1.37. The average Bonchev–Trinajstić information content (AvgIpc) is 3.51. The number of halogens is 2. The molecule has 2 aromatic carbocycles. The van der Waals surface area contributed by atoms with Crippen molar-refractivity contribution < 1.29 is 19.1 Å². The van der Waals surface area contributed by atoms with Crippen molar-refractivity contribution in [1.29, 1.82) is 0 Å². The molecule has 0 saturated carbocycles. The second-order valence-corrected chi connectivity index (χ2v) is 13.6. The number of ether oxygens (including phenoxy) is 2. The number of carbonyl (C=O) groups is 2. The van der Waals surface area contributed by atoms with E-state index in [2.05, 4.69) is 34.4 Å². The van der Waals surface area contributed by atoms with Gasteiger partial charge in [-0.3, -0.25) is 14.8 Å². The molecule has 0 radical (unpaired) electrons. The Morgan fingerprint density at radius 3 is 2.00 bits per heavy atom. The third kappa shape index (κ3) is 8.92.